The smallest absolute Gasteiger partial charge is 0.331 e. The van der Waals surface area contributed by atoms with Crippen LogP contribution >= 0.6 is 0 Å². The van der Waals surface area contributed by atoms with Crippen molar-refractivity contribution in [1.82, 2.24) is 5.32 Å². The van der Waals surface area contributed by atoms with Crippen LogP contribution < -0.4 is 14.8 Å². The second-order valence-electron chi connectivity index (χ2n) is 5.81. The molecule has 0 bridgehead atoms. The third-order valence-electron chi connectivity index (χ3n) is 3.78. The standard InChI is InChI=1S/C21H22FNO5/c1-26-18-11-16(12-19(13-18)27-2)5-8-21(25)28-14-20(24)23-10-9-15-3-6-17(22)7-4-15/h3-8,11-13H,9-10,14H2,1-2H3,(H,23,24)/b8-5+. The summed E-state index contributed by atoms with van der Waals surface area (Å²) in [5, 5.41) is 2.64. The Labute approximate surface area is 162 Å². The average molecular weight is 387 g/mol. The summed E-state index contributed by atoms with van der Waals surface area (Å²) in [7, 11) is 3.07. The van der Waals surface area contributed by atoms with Crippen molar-refractivity contribution in [1.29, 1.82) is 0 Å². The molecule has 0 radical (unpaired) electrons. The van der Waals surface area contributed by atoms with Gasteiger partial charge >= 0.3 is 5.97 Å². The van der Waals surface area contributed by atoms with E-state index in [2.05, 4.69) is 5.32 Å². The largest absolute Gasteiger partial charge is 0.497 e. The Morgan fingerprint density at radius 3 is 2.29 bits per heavy atom. The highest BCUT2D eigenvalue weighted by atomic mass is 19.1. The molecule has 2 aromatic carbocycles. The summed E-state index contributed by atoms with van der Waals surface area (Å²) in [5.74, 6) is -0.177. The number of benzene rings is 2. The van der Waals surface area contributed by atoms with E-state index in [4.69, 9.17) is 14.2 Å². The van der Waals surface area contributed by atoms with E-state index in [-0.39, 0.29) is 12.4 Å². The van der Waals surface area contributed by atoms with Crippen LogP contribution in [0.4, 0.5) is 4.39 Å². The monoisotopic (exact) mass is 387 g/mol. The molecule has 2 aromatic rings. The fraction of sp³-hybridized carbons (Fsp3) is 0.238. The van der Waals surface area contributed by atoms with Gasteiger partial charge in [-0.2, -0.15) is 0 Å². The summed E-state index contributed by atoms with van der Waals surface area (Å²) in [6, 6.07) is 11.2. The second-order valence-corrected chi connectivity index (χ2v) is 5.81. The van der Waals surface area contributed by atoms with Gasteiger partial charge in [0.25, 0.3) is 5.91 Å². The Bertz CT molecular complexity index is 811. The van der Waals surface area contributed by atoms with E-state index < -0.39 is 11.9 Å². The van der Waals surface area contributed by atoms with Gasteiger partial charge in [0.2, 0.25) is 0 Å². The van der Waals surface area contributed by atoms with E-state index >= 15 is 0 Å². The van der Waals surface area contributed by atoms with Crippen molar-refractivity contribution in [2.75, 3.05) is 27.4 Å². The van der Waals surface area contributed by atoms with Crippen molar-refractivity contribution < 1.29 is 28.2 Å². The number of esters is 1. The van der Waals surface area contributed by atoms with Crippen LogP contribution in [0.15, 0.2) is 48.5 Å². The summed E-state index contributed by atoms with van der Waals surface area (Å²) in [6.45, 7) is -0.0184. The third kappa shape index (κ3) is 7.11. The first-order valence-electron chi connectivity index (χ1n) is 8.59. The maximum atomic E-state index is 12.8. The molecule has 0 unspecified atom stereocenters. The van der Waals surface area contributed by atoms with E-state index in [0.717, 1.165) is 5.56 Å². The molecule has 148 valence electrons. The number of hydrogen-bond donors (Lipinski definition) is 1. The Hall–Kier alpha value is -3.35. The minimum Gasteiger partial charge on any atom is -0.497 e. The molecule has 1 amide bonds. The molecular weight excluding hydrogens is 365 g/mol. The molecule has 0 atom stereocenters. The lowest BCUT2D eigenvalue weighted by Crippen LogP contribution is -2.30. The van der Waals surface area contributed by atoms with Gasteiger partial charge in [0, 0.05) is 18.7 Å². The van der Waals surface area contributed by atoms with E-state index in [9.17, 15) is 14.0 Å². The van der Waals surface area contributed by atoms with Crippen molar-refractivity contribution in [2.24, 2.45) is 0 Å². The number of rotatable bonds is 9. The molecule has 0 saturated heterocycles. The van der Waals surface area contributed by atoms with E-state index in [0.29, 0.717) is 30.0 Å². The predicted molar refractivity (Wildman–Crippen MR) is 103 cm³/mol. The van der Waals surface area contributed by atoms with Crippen LogP contribution in [0.3, 0.4) is 0 Å². The molecule has 0 aliphatic rings. The number of hydrogen-bond acceptors (Lipinski definition) is 5. The highest BCUT2D eigenvalue weighted by Gasteiger charge is 2.05. The fourth-order valence-electron chi connectivity index (χ4n) is 2.32. The topological polar surface area (TPSA) is 73.9 Å². The van der Waals surface area contributed by atoms with Gasteiger partial charge in [0.05, 0.1) is 14.2 Å². The number of amides is 1. The molecule has 0 aliphatic heterocycles. The van der Waals surface area contributed by atoms with Crippen molar-refractivity contribution in [2.45, 2.75) is 6.42 Å². The van der Waals surface area contributed by atoms with Crippen molar-refractivity contribution in [3.05, 3.63) is 65.5 Å². The normalized spacial score (nSPS) is 10.5. The van der Waals surface area contributed by atoms with Crippen LogP contribution in [0.5, 0.6) is 11.5 Å². The molecule has 0 fully saturated rings. The Kier molecular flexibility index (Phi) is 8.02. The zero-order chi connectivity index (χ0) is 20.4. The van der Waals surface area contributed by atoms with Crippen molar-refractivity contribution in [3.8, 4) is 11.5 Å². The summed E-state index contributed by atoms with van der Waals surface area (Å²) >= 11 is 0. The third-order valence-corrected chi connectivity index (χ3v) is 3.78. The molecule has 0 saturated carbocycles. The summed E-state index contributed by atoms with van der Waals surface area (Å²) < 4.78 is 28.0. The highest BCUT2D eigenvalue weighted by molar-refractivity contribution is 5.89. The molecule has 0 aliphatic carbocycles. The summed E-state index contributed by atoms with van der Waals surface area (Å²) in [6.07, 6.45) is 3.32. The van der Waals surface area contributed by atoms with Crippen molar-refractivity contribution >= 4 is 18.0 Å². The lowest BCUT2D eigenvalue weighted by Gasteiger charge is -2.06. The molecule has 0 heterocycles. The molecule has 2 rings (SSSR count). The predicted octanol–water partition coefficient (Wildman–Crippen LogP) is 2.76. The zero-order valence-corrected chi connectivity index (χ0v) is 15.7. The van der Waals surface area contributed by atoms with Gasteiger partial charge in [-0.05, 0) is 47.9 Å². The Morgan fingerprint density at radius 2 is 1.68 bits per heavy atom. The number of carbonyl (C=O) groups is 2. The average Bonchev–Trinajstić information content (AvgIpc) is 2.71. The van der Waals surface area contributed by atoms with E-state index in [1.165, 1.54) is 32.4 Å². The number of methoxy groups -OCH3 is 2. The highest BCUT2D eigenvalue weighted by Crippen LogP contribution is 2.23. The van der Waals surface area contributed by atoms with Gasteiger partial charge in [0.1, 0.15) is 17.3 Å². The lowest BCUT2D eigenvalue weighted by atomic mass is 10.1. The first kappa shape index (κ1) is 21.0. The minimum atomic E-state index is -0.643. The first-order valence-corrected chi connectivity index (χ1v) is 8.59. The van der Waals surface area contributed by atoms with Gasteiger partial charge in [0.15, 0.2) is 6.61 Å². The van der Waals surface area contributed by atoms with Gasteiger partial charge in [-0.25, -0.2) is 9.18 Å². The van der Waals surface area contributed by atoms with Gasteiger partial charge in [-0.15, -0.1) is 0 Å². The molecule has 7 heteroatoms. The quantitative estimate of drug-likeness (QED) is 0.529. The number of carbonyl (C=O) groups excluding carboxylic acids is 2. The van der Waals surface area contributed by atoms with E-state index in [1.807, 2.05) is 0 Å². The maximum absolute atomic E-state index is 12.8. The maximum Gasteiger partial charge on any atom is 0.331 e. The number of nitrogens with one attached hydrogen (secondary N) is 1. The first-order chi connectivity index (χ1) is 13.5. The Balaban J connectivity index is 1.74. The number of ether oxygens (including phenoxy) is 3. The second kappa shape index (κ2) is 10.7. The van der Waals surface area contributed by atoms with Gasteiger partial charge < -0.3 is 19.5 Å². The molecular formula is C21H22FNO5. The van der Waals surface area contributed by atoms with Crippen LogP contribution in [-0.4, -0.2) is 39.2 Å². The molecule has 0 spiro atoms. The lowest BCUT2D eigenvalue weighted by molar-refractivity contribution is -0.143. The van der Waals surface area contributed by atoms with E-state index in [1.54, 1.807) is 36.4 Å². The van der Waals surface area contributed by atoms with Gasteiger partial charge in [-0.1, -0.05) is 12.1 Å². The number of halogens is 1. The molecule has 6 nitrogen and oxygen atoms in total. The molecule has 1 N–H and O–H groups in total. The zero-order valence-electron chi connectivity index (χ0n) is 15.7. The van der Waals surface area contributed by atoms with Crippen LogP contribution in [0.25, 0.3) is 6.08 Å². The van der Waals surface area contributed by atoms with Crippen LogP contribution in [0.2, 0.25) is 0 Å². The minimum absolute atomic E-state index is 0.305. The SMILES string of the molecule is COc1cc(/C=C/C(=O)OCC(=O)NCCc2ccc(F)cc2)cc(OC)c1. The Morgan fingerprint density at radius 1 is 1.04 bits per heavy atom. The van der Waals surface area contributed by atoms with Crippen molar-refractivity contribution in [3.63, 3.8) is 0 Å². The molecule has 28 heavy (non-hydrogen) atoms. The molecule has 0 aromatic heterocycles. The van der Waals surface area contributed by atoms with Crippen LogP contribution in [0.1, 0.15) is 11.1 Å². The van der Waals surface area contributed by atoms with Crippen LogP contribution in [-0.2, 0) is 20.7 Å². The van der Waals surface area contributed by atoms with Crippen LogP contribution in [0, 0.1) is 5.82 Å². The van der Waals surface area contributed by atoms with Gasteiger partial charge in [-0.3, -0.25) is 4.79 Å². The summed E-state index contributed by atoms with van der Waals surface area (Å²) in [5.41, 5.74) is 1.59. The summed E-state index contributed by atoms with van der Waals surface area (Å²) in [4.78, 5) is 23.5. The fourth-order valence-corrected chi connectivity index (χ4v) is 2.32.